The third-order valence-corrected chi connectivity index (χ3v) is 1.98. The van der Waals surface area contributed by atoms with Crippen molar-refractivity contribution in [2.75, 3.05) is 13.6 Å². The minimum Gasteiger partial charge on any atom is -0.481 e. The molecule has 0 fully saturated rings. The lowest BCUT2D eigenvalue weighted by atomic mass is 9.87. The highest BCUT2D eigenvalue weighted by Crippen LogP contribution is 2.22. The Hall–Kier alpha value is -1.10. The summed E-state index contributed by atoms with van der Waals surface area (Å²) in [5.74, 6) is -1.06. The van der Waals surface area contributed by atoms with E-state index >= 15 is 0 Å². The van der Waals surface area contributed by atoms with Gasteiger partial charge in [0.25, 0.3) is 0 Å². The van der Waals surface area contributed by atoms with Crippen molar-refractivity contribution in [3.63, 3.8) is 0 Å². The summed E-state index contributed by atoms with van der Waals surface area (Å²) in [6, 6.07) is -0.307. The molecule has 0 aromatic carbocycles. The van der Waals surface area contributed by atoms with Crippen LogP contribution in [0.2, 0.25) is 0 Å². The van der Waals surface area contributed by atoms with Crippen LogP contribution in [0, 0.1) is 5.41 Å². The summed E-state index contributed by atoms with van der Waals surface area (Å²) in [4.78, 5) is 22.0. The van der Waals surface area contributed by atoms with Crippen molar-refractivity contribution < 1.29 is 14.7 Å². The van der Waals surface area contributed by atoms with Crippen LogP contribution in [-0.2, 0) is 9.59 Å². The Kier molecular flexibility index (Phi) is 6.03. The maximum absolute atomic E-state index is 11.4. The van der Waals surface area contributed by atoms with Crippen molar-refractivity contribution >= 4 is 11.9 Å². The number of carbonyl (C=O) groups excluding carboxylic acids is 1. The average Bonchev–Trinajstić information content (AvgIpc) is 1.98. The minimum atomic E-state index is -0.890. The van der Waals surface area contributed by atoms with Crippen LogP contribution in [-0.4, -0.2) is 36.6 Å². The first-order valence-electron chi connectivity index (χ1n) is 5.40. The molecule has 1 unspecified atom stereocenters. The van der Waals surface area contributed by atoms with E-state index in [1.807, 2.05) is 20.8 Å². The fraction of sp³-hybridized carbons (Fsp3) is 0.818. The molecule has 5 heteroatoms. The first-order chi connectivity index (χ1) is 7.24. The maximum atomic E-state index is 11.4. The average molecular weight is 230 g/mol. The van der Waals surface area contributed by atoms with Crippen LogP contribution in [0.4, 0.5) is 0 Å². The minimum absolute atomic E-state index is 0.00690. The maximum Gasteiger partial charge on any atom is 0.305 e. The molecule has 1 amide bonds. The Labute approximate surface area is 96.6 Å². The normalized spacial score (nSPS) is 13.2. The Morgan fingerprint density at radius 3 is 2.25 bits per heavy atom. The monoisotopic (exact) mass is 230 g/mol. The van der Waals surface area contributed by atoms with E-state index in [1.165, 1.54) is 0 Å². The van der Waals surface area contributed by atoms with E-state index in [2.05, 4.69) is 10.6 Å². The smallest absolute Gasteiger partial charge is 0.305 e. The van der Waals surface area contributed by atoms with Crippen LogP contribution in [0.25, 0.3) is 0 Å². The summed E-state index contributed by atoms with van der Waals surface area (Å²) in [6.07, 6.45) is 0.613. The summed E-state index contributed by atoms with van der Waals surface area (Å²) < 4.78 is 0. The van der Waals surface area contributed by atoms with Gasteiger partial charge >= 0.3 is 5.97 Å². The van der Waals surface area contributed by atoms with Crippen molar-refractivity contribution in [3.8, 4) is 0 Å². The first-order valence-corrected chi connectivity index (χ1v) is 5.40. The van der Waals surface area contributed by atoms with Crippen LogP contribution < -0.4 is 10.6 Å². The van der Waals surface area contributed by atoms with Gasteiger partial charge in [0.1, 0.15) is 0 Å². The van der Waals surface area contributed by atoms with Crippen LogP contribution in [0.3, 0.4) is 0 Å². The van der Waals surface area contributed by atoms with Gasteiger partial charge in [-0.3, -0.25) is 9.59 Å². The van der Waals surface area contributed by atoms with E-state index in [4.69, 9.17) is 5.11 Å². The molecule has 0 aromatic rings. The topological polar surface area (TPSA) is 78.4 Å². The van der Waals surface area contributed by atoms with Gasteiger partial charge < -0.3 is 15.7 Å². The summed E-state index contributed by atoms with van der Waals surface area (Å²) in [7, 11) is 1.68. The second-order valence-electron chi connectivity index (χ2n) is 5.16. The molecule has 0 saturated carbocycles. The second kappa shape index (κ2) is 6.48. The number of carboxylic acid groups (broad SMARTS) is 1. The number of hydrogen-bond acceptors (Lipinski definition) is 3. The van der Waals surface area contributed by atoms with Gasteiger partial charge in [0.2, 0.25) is 5.91 Å². The Morgan fingerprint density at radius 2 is 1.88 bits per heavy atom. The zero-order chi connectivity index (χ0) is 12.8. The predicted octanol–water partition coefficient (Wildman–Crippen LogP) is 0.601. The molecule has 0 spiro atoms. The zero-order valence-electron chi connectivity index (χ0n) is 10.5. The molecular formula is C11H22N2O3. The van der Waals surface area contributed by atoms with Crippen molar-refractivity contribution in [2.45, 2.75) is 39.7 Å². The van der Waals surface area contributed by atoms with E-state index in [1.54, 1.807) is 7.05 Å². The number of rotatable bonds is 6. The molecule has 0 aromatic heterocycles. The fourth-order valence-electron chi connectivity index (χ4n) is 1.56. The van der Waals surface area contributed by atoms with E-state index in [-0.39, 0.29) is 30.3 Å². The molecule has 0 bridgehead atoms. The molecule has 0 radical (unpaired) electrons. The highest BCUT2D eigenvalue weighted by atomic mass is 16.4. The van der Waals surface area contributed by atoms with Gasteiger partial charge in [-0.05, 0) is 18.9 Å². The first kappa shape index (κ1) is 14.9. The lowest BCUT2D eigenvalue weighted by Crippen LogP contribution is -2.42. The highest BCUT2D eigenvalue weighted by Gasteiger charge is 2.22. The van der Waals surface area contributed by atoms with Gasteiger partial charge in [0.05, 0.1) is 13.0 Å². The molecule has 1 atom stereocenters. The Morgan fingerprint density at radius 1 is 1.31 bits per heavy atom. The molecule has 0 aliphatic rings. The number of amides is 1. The van der Waals surface area contributed by atoms with E-state index in [0.717, 1.165) is 0 Å². The largest absolute Gasteiger partial charge is 0.481 e. The summed E-state index contributed by atoms with van der Waals surface area (Å²) >= 11 is 0. The molecule has 5 nitrogen and oxygen atoms in total. The van der Waals surface area contributed by atoms with E-state index in [0.29, 0.717) is 6.42 Å². The number of likely N-dealkylation sites (N-methyl/N-ethyl adjacent to an activating group) is 1. The molecule has 16 heavy (non-hydrogen) atoms. The zero-order valence-corrected chi connectivity index (χ0v) is 10.5. The summed E-state index contributed by atoms with van der Waals surface area (Å²) in [5.41, 5.74) is -0.00690. The van der Waals surface area contributed by atoms with Crippen LogP contribution in [0.5, 0.6) is 0 Å². The van der Waals surface area contributed by atoms with Gasteiger partial charge in [-0.15, -0.1) is 0 Å². The van der Waals surface area contributed by atoms with Gasteiger partial charge in [0, 0.05) is 6.04 Å². The van der Waals surface area contributed by atoms with Crippen LogP contribution in [0.15, 0.2) is 0 Å². The molecule has 94 valence electrons. The lowest BCUT2D eigenvalue weighted by molar-refractivity contribution is -0.137. The third kappa shape index (κ3) is 8.23. The lowest BCUT2D eigenvalue weighted by Gasteiger charge is -2.25. The van der Waals surface area contributed by atoms with Crippen LogP contribution in [0.1, 0.15) is 33.6 Å². The quantitative estimate of drug-likeness (QED) is 0.624. The molecular weight excluding hydrogens is 208 g/mol. The van der Waals surface area contributed by atoms with Crippen LogP contribution >= 0.6 is 0 Å². The number of carboxylic acids is 1. The molecule has 0 aliphatic carbocycles. The third-order valence-electron chi connectivity index (χ3n) is 1.98. The van der Waals surface area contributed by atoms with Gasteiger partial charge in [-0.25, -0.2) is 0 Å². The number of nitrogens with one attached hydrogen (secondary N) is 2. The molecule has 0 aliphatic heterocycles. The molecule has 3 N–H and O–H groups in total. The molecule has 0 saturated heterocycles. The fourth-order valence-corrected chi connectivity index (χ4v) is 1.56. The SMILES string of the molecule is CNCC(=O)NC(CC(=O)O)CC(C)(C)C. The molecule has 0 rings (SSSR count). The van der Waals surface area contributed by atoms with Crippen molar-refractivity contribution in [2.24, 2.45) is 5.41 Å². The van der Waals surface area contributed by atoms with Crippen molar-refractivity contribution in [3.05, 3.63) is 0 Å². The molecule has 0 heterocycles. The standard InChI is InChI=1S/C11H22N2O3/c1-11(2,3)6-8(5-10(15)16)13-9(14)7-12-4/h8,12H,5-7H2,1-4H3,(H,13,14)(H,15,16). The van der Waals surface area contributed by atoms with E-state index in [9.17, 15) is 9.59 Å². The van der Waals surface area contributed by atoms with Gasteiger partial charge in [-0.2, -0.15) is 0 Å². The van der Waals surface area contributed by atoms with Gasteiger partial charge in [-0.1, -0.05) is 20.8 Å². The summed E-state index contributed by atoms with van der Waals surface area (Å²) in [6.45, 7) is 6.27. The Balaban J connectivity index is 4.31. The van der Waals surface area contributed by atoms with Crippen molar-refractivity contribution in [1.82, 2.24) is 10.6 Å². The van der Waals surface area contributed by atoms with E-state index < -0.39 is 5.97 Å². The summed E-state index contributed by atoms with van der Waals surface area (Å²) in [5, 5.41) is 14.2. The predicted molar refractivity (Wildman–Crippen MR) is 62.2 cm³/mol. The second-order valence-corrected chi connectivity index (χ2v) is 5.16. The van der Waals surface area contributed by atoms with Crippen molar-refractivity contribution in [1.29, 1.82) is 0 Å². The number of hydrogen-bond donors (Lipinski definition) is 3. The van der Waals surface area contributed by atoms with Gasteiger partial charge in [0.15, 0.2) is 0 Å². The highest BCUT2D eigenvalue weighted by molar-refractivity contribution is 5.79. The Bertz CT molecular complexity index is 246. The number of carbonyl (C=O) groups is 2. The number of aliphatic carboxylic acids is 1.